The number of carbonyl (C=O) groups is 1. The van der Waals surface area contributed by atoms with Crippen molar-refractivity contribution in [1.82, 2.24) is 15.6 Å². The first kappa shape index (κ1) is 14.0. The molecule has 2 N–H and O–H groups in total. The van der Waals surface area contributed by atoms with Crippen molar-refractivity contribution in [2.45, 2.75) is 32.1 Å². The molecule has 4 heteroatoms. The Bertz CT molecular complexity index is 411. The molecule has 0 saturated carbocycles. The van der Waals surface area contributed by atoms with E-state index in [0.717, 1.165) is 19.5 Å². The summed E-state index contributed by atoms with van der Waals surface area (Å²) in [5.74, 6) is 0.667. The smallest absolute Gasteiger partial charge is 0.220 e. The third kappa shape index (κ3) is 4.03. The van der Waals surface area contributed by atoms with Crippen LogP contribution in [0.15, 0.2) is 24.5 Å². The molecule has 1 aromatic rings. The van der Waals surface area contributed by atoms with Gasteiger partial charge in [0, 0.05) is 30.8 Å². The van der Waals surface area contributed by atoms with E-state index in [1.54, 1.807) is 12.4 Å². The molecule has 1 fully saturated rings. The van der Waals surface area contributed by atoms with E-state index >= 15 is 0 Å². The van der Waals surface area contributed by atoms with Gasteiger partial charge in [-0.3, -0.25) is 9.78 Å². The predicted octanol–water partition coefficient (Wildman–Crippen LogP) is 1.47. The van der Waals surface area contributed by atoms with Crippen LogP contribution < -0.4 is 10.6 Å². The third-order valence-corrected chi connectivity index (χ3v) is 3.83. The summed E-state index contributed by atoms with van der Waals surface area (Å²) in [5, 5.41) is 6.35. The van der Waals surface area contributed by atoms with Gasteiger partial charge in [0.2, 0.25) is 5.91 Å². The maximum atomic E-state index is 11.9. The van der Waals surface area contributed by atoms with Crippen molar-refractivity contribution < 1.29 is 4.79 Å². The van der Waals surface area contributed by atoms with Gasteiger partial charge in [-0.2, -0.15) is 0 Å². The summed E-state index contributed by atoms with van der Waals surface area (Å²) < 4.78 is 0. The van der Waals surface area contributed by atoms with Crippen LogP contribution in [0.2, 0.25) is 0 Å². The van der Waals surface area contributed by atoms with Gasteiger partial charge in [0.25, 0.3) is 0 Å². The summed E-state index contributed by atoms with van der Waals surface area (Å²) >= 11 is 0. The van der Waals surface area contributed by atoms with Gasteiger partial charge >= 0.3 is 0 Å². The summed E-state index contributed by atoms with van der Waals surface area (Å²) in [6, 6.07) is 4.01. The van der Waals surface area contributed by atoms with Gasteiger partial charge in [0.1, 0.15) is 0 Å². The van der Waals surface area contributed by atoms with Crippen molar-refractivity contribution in [1.29, 1.82) is 0 Å². The lowest BCUT2D eigenvalue weighted by Gasteiger charge is -2.25. The number of aromatic nitrogens is 1. The highest BCUT2D eigenvalue weighted by molar-refractivity contribution is 5.76. The zero-order valence-electron chi connectivity index (χ0n) is 11.8. The van der Waals surface area contributed by atoms with Gasteiger partial charge in [0.15, 0.2) is 0 Å². The molecular formula is C15H23N3O. The van der Waals surface area contributed by atoms with Crippen LogP contribution >= 0.6 is 0 Å². The average molecular weight is 261 g/mol. The third-order valence-electron chi connectivity index (χ3n) is 3.83. The second-order valence-corrected chi connectivity index (χ2v) is 5.96. The Morgan fingerprint density at radius 3 is 2.84 bits per heavy atom. The molecule has 4 nitrogen and oxygen atoms in total. The molecule has 0 aliphatic carbocycles. The van der Waals surface area contributed by atoms with Crippen molar-refractivity contribution >= 4 is 5.91 Å². The normalized spacial score (nSPS) is 19.4. The molecule has 1 aliphatic rings. The Kier molecular flexibility index (Phi) is 4.53. The van der Waals surface area contributed by atoms with Gasteiger partial charge in [-0.15, -0.1) is 0 Å². The first-order valence-electron chi connectivity index (χ1n) is 6.96. The van der Waals surface area contributed by atoms with Crippen LogP contribution in [0, 0.1) is 5.92 Å². The quantitative estimate of drug-likeness (QED) is 0.844. The minimum absolute atomic E-state index is 0.0630. The molecule has 2 heterocycles. The molecule has 1 amide bonds. The van der Waals surface area contributed by atoms with E-state index in [9.17, 15) is 4.79 Å². The maximum absolute atomic E-state index is 11.9. The first-order chi connectivity index (χ1) is 9.08. The van der Waals surface area contributed by atoms with Crippen molar-refractivity contribution in [3.63, 3.8) is 0 Å². The molecule has 0 spiro atoms. The lowest BCUT2D eigenvalue weighted by Crippen LogP contribution is -2.37. The van der Waals surface area contributed by atoms with Crippen LogP contribution in [-0.2, 0) is 10.2 Å². The standard InChI is InChI=1S/C15H23N3O/c1-15(2,13-4-7-16-8-5-13)11-18-14(19)9-12-3-6-17-10-12/h4-5,7-8,12,17H,3,6,9-11H2,1-2H3,(H,18,19). The largest absolute Gasteiger partial charge is 0.355 e. The van der Waals surface area contributed by atoms with Gasteiger partial charge < -0.3 is 10.6 Å². The van der Waals surface area contributed by atoms with E-state index in [1.807, 2.05) is 12.1 Å². The molecule has 0 bridgehead atoms. The number of nitrogens with zero attached hydrogens (tertiary/aromatic N) is 1. The highest BCUT2D eigenvalue weighted by Crippen LogP contribution is 2.21. The Hall–Kier alpha value is -1.42. The number of nitrogens with one attached hydrogen (secondary N) is 2. The fraction of sp³-hybridized carbons (Fsp3) is 0.600. The highest BCUT2D eigenvalue weighted by Gasteiger charge is 2.23. The summed E-state index contributed by atoms with van der Waals surface area (Å²) in [5.41, 5.74) is 1.14. The minimum atomic E-state index is -0.0630. The van der Waals surface area contributed by atoms with E-state index < -0.39 is 0 Å². The van der Waals surface area contributed by atoms with Gasteiger partial charge in [-0.1, -0.05) is 13.8 Å². The van der Waals surface area contributed by atoms with Crippen LogP contribution in [0.4, 0.5) is 0 Å². The summed E-state index contributed by atoms with van der Waals surface area (Å²) in [6.07, 6.45) is 5.34. The molecule has 2 rings (SSSR count). The van der Waals surface area contributed by atoms with Crippen LogP contribution in [0.5, 0.6) is 0 Å². The number of amides is 1. The number of hydrogen-bond acceptors (Lipinski definition) is 3. The van der Waals surface area contributed by atoms with Crippen LogP contribution in [0.1, 0.15) is 32.3 Å². The van der Waals surface area contributed by atoms with E-state index in [0.29, 0.717) is 18.9 Å². The van der Waals surface area contributed by atoms with Gasteiger partial charge in [0.05, 0.1) is 0 Å². The van der Waals surface area contributed by atoms with Crippen LogP contribution in [-0.4, -0.2) is 30.5 Å². The number of rotatable bonds is 5. The van der Waals surface area contributed by atoms with E-state index in [2.05, 4.69) is 29.5 Å². The summed E-state index contributed by atoms with van der Waals surface area (Å²) in [6.45, 7) is 6.96. The Labute approximate surface area is 115 Å². The second-order valence-electron chi connectivity index (χ2n) is 5.96. The Morgan fingerprint density at radius 1 is 1.47 bits per heavy atom. The molecule has 1 aromatic heterocycles. The van der Waals surface area contributed by atoms with Gasteiger partial charge in [-0.05, 0) is 43.1 Å². The fourth-order valence-corrected chi connectivity index (χ4v) is 2.45. The molecule has 1 unspecified atom stereocenters. The molecule has 0 radical (unpaired) electrons. The van der Waals surface area contributed by atoms with E-state index in [-0.39, 0.29) is 11.3 Å². The molecule has 1 saturated heterocycles. The van der Waals surface area contributed by atoms with Crippen molar-refractivity contribution in [2.24, 2.45) is 5.92 Å². The van der Waals surface area contributed by atoms with E-state index in [1.165, 1.54) is 5.56 Å². The zero-order chi connectivity index (χ0) is 13.7. The summed E-state index contributed by atoms with van der Waals surface area (Å²) in [7, 11) is 0. The van der Waals surface area contributed by atoms with E-state index in [4.69, 9.17) is 0 Å². The number of hydrogen-bond donors (Lipinski definition) is 2. The number of carbonyl (C=O) groups excluding carboxylic acids is 1. The SMILES string of the molecule is CC(C)(CNC(=O)CC1CCNC1)c1ccncc1. The van der Waals surface area contributed by atoms with Crippen LogP contribution in [0.3, 0.4) is 0 Å². The topological polar surface area (TPSA) is 54.0 Å². The lowest BCUT2D eigenvalue weighted by atomic mass is 9.85. The molecule has 0 aromatic carbocycles. The molecule has 1 aliphatic heterocycles. The number of pyridine rings is 1. The van der Waals surface area contributed by atoms with Crippen LogP contribution in [0.25, 0.3) is 0 Å². The second kappa shape index (κ2) is 6.15. The maximum Gasteiger partial charge on any atom is 0.220 e. The minimum Gasteiger partial charge on any atom is -0.355 e. The zero-order valence-corrected chi connectivity index (χ0v) is 11.8. The average Bonchev–Trinajstić information content (AvgIpc) is 2.90. The summed E-state index contributed by atoms with van der Waals surface area (Å²) in [4.78, 5) is 16.0. The molecule has 104 valence electrons. The monoisotopic (exact) mass is 261 g/mol. The lowest BCUT2D eigenvalue weighted by molar-refractivity contribution is -0.122. The highest BCUT2D eigenvalue weighted by atomic mass is 16.1. The predicted molar refractivity (Wildman–Crippen MR) is 75.9 cm³/mol. The van der Waals surface area contributed by atoms with Gasteiger partial charge in [-0.25, -0.2) is 0 Å². The van der Waals surface area contributed by atoms with Crippen molar-refractivity contribution in [3.05, 3.63) is 30.1 Å². The molecule has 19 heavy (non-hydrogen) atoms. The fourth-order valence-electron chi connectivity index (χ4n) is 2.45. The molecule has 1 atom stereocenters. The van der Waals surface area contributed by atoms with Crippen molar-refractivity contribution in [3.8, 4) is 0 Å². The Balaban J connectivity index is 1.82. The Morgan fingerprint density at radius 2 is 2.21 bits per heavy atom. The molecular weight excluding hydrogens is 238 g/mol. The first-order valence-corrected chi connectivity index (χ1v) is 6.96. The van der Waals surface area contributed by atoms with Crippen molar-refractivity contribution in [2.75, 3.05) is 19.6 Å².